The van der Waals surface area contributed by atoms with E-state index in [0.717, 1.165) is 11.3 Å². The fourth-order valence-electron chi connectivity index (χ4n) is 3.49. The molecule has 0 saturated carbocycles. The Morgan fingerprint density at radius 2 is 2.04 bits per heavy atom. The van der Waals surface area contributed by atoms with Gasteiger partial charge in [-0.25, -0.2) is 0 Å². The summed E-state index contributed by atoms with van der Waals surface area (Å²) in [5, 5.41) is 8.97. The number of aryl methyl sites for hydroxylation is 3. The Kier molecular flexibility index (Phi) is 4.41. The van der Waals surface area contributed by atoms with Gasteiger partial charge in [0, 0.05) is 18.5 Å². The van der Waals surface area contributed by atoms with Crippen LogP contribution in [0.5, 0.6) is 0 Å². The van der Waals surface area contributed by atoms with Crippen molar-refractivity contribution < 1.29 is 4.79 Å². The van der Waals surface area contributed by atoms with Crippen LogP contribution >= 0.6 is 0 Å². The maximum atomic E-state index is 13.0. The van der Waals surface area contributed by atoms with Crippen molar-refractivity contribution in [2.75, 3.05) is 19.6 Å². The summed E-state index contributed by atoms with van der Waals surface area (Å²) in [6.07, 6.45) is 0. The first-order chi connectivity index (χ1) is 11.7. The van der Waals surface area contributed by atoms with Crippen molar-refractivity contribution in [3.05, 3.63) is 40.7 Å². The van der Waals surface area contributed by atoms with Crippen LogP contribution in [-0.2, 0) is 0 Å². The Labute approximate surface area is 149 Å². The largest absolute Gasteiger partial charge is 0.336 e. The van der Waals surface area contributed by atoms with Gasteiger partial charge >= 0.3 is 0 Å². The Morgan fingerprint density at radius 3 is 2.64 bits per heavy atom. The fourth-order valence-corrected chi connectivity index (χ4v) is 3.49. The topological polar surface area (TPSA) is 77.0 Å². The maximum absolute atomic E-state index is 13.0. The number of nitrogens with two attached hydrogens (primary N) is 1. The second-order valence-corrected chi connectivity index (χ2v) is 7.66. The molecule has 6 heteroatoms. The monoisotopic (exact) mass is 341 g/mol. The Balaban J connectivity index is 1.89. The number of rotatable bonds is 3. The van der Waals surface area contributed by atoms with Crippen LogP contribution in [0.1, 0.15) is 41.2 Å². The minimum Gasteiger partial charge on any atom is -0.336 e. The van der Waals surface area contributed by atoms with E-state index in [-0.39, 0.29) is 11.3 Å². The van der Waals surface area contributed by atoms with Gasteiger partial charge in [0.1, 0.15) is 0 Å². The van der Waals surface area contributed by atoms with Crippen LogP contribution in [0.3, 0.4) is 0 Å². The van der Waals surface area contributed by atoms with Gasteiger partial charge < -0.3 is 10.6 Å². The number of likely N-dealkylation sites (tertiary alicyclic amines) is 1. The summed E-state index contributed by atoms with van der Waals surface area (Å²) in [4.78, 5) is 16.4. The summed E-state index contributed by atoms with van der Waals surface area (Å²) in [5.41, 5.74) is 10.1. The summed E-state index contributed by atoms with van der Waals surface area (Å²) in [6.45, 7) is 12.2. The van der Waals surface area contributed by atoms with Gasteiger partial charge in [0.25, 0.3) is 5.91 Å². The predicted molar refractivity (Wildman–Crippen MR) is 97.8 cm³/mol. The van der Waals surface area contributed by atoms with E-state index in [2.05, 4.69) is 37.0 Å². The molecule has 1 fully saturated rings. The number of carbonyl (C=O) groups is 1. The van der Waals surface area contributed by atoms with Crippen molar-refractivity contribution in [3.8, 4) is 5.69 Å². The fraction of sp³-hybridized carbons (Fsp3) is 0.526. The molecule has 1 aromatic carbocycles. The maximum Gasteiger partial charge on any atom is 0.276 e. The normalized spacial score (nSPS) is 23.3. The second-order valence-electron chi connectivity index (χ2n) is 7.66. The lowest BCUT2D eigenvalue weighted by Crippen LogP contribution is -2.36. The van der Waals surface area contributed by atoms with Crippen molar-refractivity contribution in [1.29, 1.82) is 0 Å². The number of benzene rings is 1. The molecule has 25 heavy (non-hydrogen) atoms. The third kappa shape index (κ3) is 3.06. The average Bonchev–Trinajstić information content (AvgIpc) is 3.08. The summed E-state index contributed by atoms with van der Waals surface area (Å²) in [7, 11) is 0. The number of amides is 1. The average molecular weight is 341 g/mol. The van der Waals surface area contributed by atoms with E-state index < -0.39 is 0 Å². The van der Waals surface area contributed by atoms with E-state index in [1.165, 1.54) is 5.56 Å². The lowest BCUT2D eigenvalue weighted by Gasteiger charge is -2.25. The van der Waals surface area contributed by atoms with Crippen molar-refractivity contribution >= 4 is 5.91 Å². The van der Waals surface area contributed by atoms with Gasteiger partial charge in [-0.15, -0.1) is 5.10 Å². The van der Waals surface area contributed by atoms with Crippen LogP contribution in [0.15, 0.2) is 18.2 Å². The molecule has 2 atom stereocenters. The molecule has 0 bridgehead atoms. The smallest absolute Gasteiger partial charge is 0.276 e. The summed E-state index contributed by atoms with van der Waals surface area (Å²) >= 11 is 0. The molecule has 134 valence electrons. The minimum absolute atomic E-state index is 0.0346. The molecule has 6 nitrogen and oxygen atoms in total. The molecular formula is C19H27N5O. The number of aromatic nitrogens is 3. The molecule has 1 amide bonds. The van der Waals surface area contributed by atoms with Gasteiger partial charge in [0.05, 0.1) is 11.4 Å². The molecular weight excluding hydrogens is 314 g/mol. The minimum atomic E-state index is -0.0578. The standard InChI is InChI=1S/C19H27N5O/c1-12-6-7-16(13(2)8-12)24-21-15(4)17(22-24)18(25)23-9-14(3)19(5,10-20)11-23/h6-8,14H,9-11,20H2,1-5H3/t14-,19-/m1/s1. The Morgan fingerprint density at radius 1 is 1.32 bits per heavy atom. The van der Waals surface area contributed by atoms with Crippen molar-refractivity contribution in [3.63, 3.8) is 0 Å². The predicted octanol–water partition coefficient (Wildman–Crippen LogP) is 2.25. The van der Waals surface area contributed by atoms with E-state index in [9.17, 15) is 4.79 Å². The first kappa shape index (κ1) is 17.6. The van der Waals surface area contributed by atoms with Gasteiger partial charge in [-0.05, 0) is 44.9 Å². The van der Waals surface area contributed by atoms with Crippen LogP contribution in [0.2, 0.25) is 0 Å². The van der Waals surface area contributed by atoms with E-state index in [1.54, 1.807) is 4.80 Å². The molecule has 0 unspecified atom stereocenters. The van der Waals surface area contributed by atoms with Gasteiger partial charge in [0.15, 0.2) is 5.69 Å². The summed E-state index contributed by atoms with van der Waals surface area (Å²) in [6, 6.07) is 6.10. The van der Waals surface area contributed by atoms with Crippen molar-refractivity contribution in [2.45, 2.75) is 34.6 Å². The third-order valence-electron chi connectivity index (χ3n) is 5.54. The summed E-state index contributed by atoms with van der Waals surface area (Å²) < 4.78 is 0. The van der Waals surface area contributed by atoms with Crippen molar-refractivity contribution in [1.82, 2.24) is 19.9 Å². The lowest BCUT2D eigenvalue weighted by molar-refractivity contribution is 0.0769. The number of nitrogens with zero attached hydrogens (tertiary/aromatic N) is 4. The van der Waals surface area contributed by atoms with Crippen LogP contribution in [0, 0.1) is 32.1 Å². The molecule has 0 spiro atoms. The van der Waals surface area contributed by atoms with Gasteiger partial charge in [-0.3, -0.25) is 4.79 Å². The van der Waals surface area contributed by atoms with Crippen LogP contribution in [-0.4, -0.2) is 45.4 Å². The quantitative estimate of drug-likeness (QED) is 0.929. The Hall–Kier alpha value is -2.21. The molecule has 1 saturated heterocycles. The molecule has 1 aliphatic heterocycles. The summed E-state index contributed by atoms with van der Waals surface area (Å²) in [5.74, 6) is 0.314. The second kappa shape index (κ2) is 6.26. The highest BCUT2D eigenvalue weighted by Gasteiger charge is 2.42. The van der Waals surface area contributed by atoms with Gasteiger partial charge in [-0.1, -0.05) is 31.5 Å². The number of hydrogen-bond acceptors (Lipinski definition) is 4. The highest BCUT2D eigenvalue weighted by molar-refractivity contribution is 5.93. The highest BCUT2D eigenvalue weighted by atomic mass is 16.2. The third-order valence-corrected chi connectivity index (χ3v) is 5.54. The van der Waals surface area contributed by atoms with E-state index >= 15 is 0 Å². The Bertz CT molecular complexity index is 812. The zero-order chi connectivity index (χ0) is 18.4. The SMILES string of the molecule is Cc1ccc(-n2nc(C)c(C(=O)N3C[C@@H](C)[C@](C)(CN)C3)n2)c(C)c1. The molecule has 1 aliphatic rings. The first-order valence-corrected chi connectivity index (χ1v) is 8.76. The van der Waals surface area contributed by atoms with Crippen LogP contribution in [0.25, 0.3) is 5.69 Å². The van der Waals surface area contributed by atoms with E-state index in [1.807, 2.05) is 30.9 Å². The van der Waals surface area contributed by atoms with Crippen molar-refractivity contribution in [2.24, 2.45) is 17.1 Å². The molecule has 0 aliphatic carbocycles. The lowest BCUT2D eigenvalue weighted by atomic mass is 9.81. The number of carbonyl (C=O) groups excluding carboxylic acids is 1. The molecule has 2 aromatic rings. The zero-order valence-electron chi connectivity index (χ0n) is 15.7. The van der Waals surface area contributed by atoms with Crippen LogP contribution in [0.4, 0.5) is 0 Å². The zero-order valence-corrected chi connectivity index (χ0v) is 15.7. The molecule has 3 rings (SSSR count). The number of hydrogen-bond donors (Lipinski definition) is 1. The molecule has 2 N–H and O–H groups in total. The molecule has 0 radical (unpaired) electrons. The van der Waals surface area contributed by atoms with E-state index in [4.69, 9.17) is 5.73 Å². The molecule has 2 heterocycles. The molecule has 1 aromatic heterocycles. The van der Waals surface area contributed by atoms with Gasteiger partial charge in [-0.2, -0.15) is 9.90 Å². The van der Waals surface area contributed by atoms with Gasteiger partial charge in [0.2, 0.25) is 0 Å². The van der Waals surface area contributed by atoms with Crippen LogP contribution < -0.4 is 5.73 Å². The highest BCUT2D eigenvalue weighted by Crippen LogP contribution is 2.35. The first-order valence-electron chi connectivity index (χ1n) is 8.76. The van der Waals surface area contributed by atoms with E-state index in [0.29, 0.717) is 36.9 Å².